The van der Waals surface area contributed by atoms with Gasteiger partial charge in [0.2, 0.25) is 0 Å². The molecule has 1 aliphatic rings. The minimum Gasteiger partial charge on any atom is -0.320 e. The topological polar surface area (TPSA) is 52.6 Å². The third-order valence-corrected chi connectivity index (χ3v) is 5.89. The standard InChI is InChI=1S/C26H26ClN3O2/c1-18-11-12-24(23(15-18)28-25(31)22-10-4-3-7-19(22)2)30-14-6-13-29(26(30)32)17-20-8-5-9-21(27)16-20/h3-5,7-12,15-16H,6,13-14,17H2,1-2H3,(H,28,31). The van der Waals surface area contributed by atoms with Crippen LogP contribution in [0.1, 0.15) is 33.5 Å². The molecule has 1 saturated heterocycles. The van der Waals surface area contributed by atoms with Gasteiger partial charge in [0.1, 0.15) is 0 Å². The molecule has 6 heteroatoms. The lowest BCUT2D eigenvalue weighted by Gasteiger charge is -2.36. The molecule has 0 spiro atoms. The van der Waals surface area contributed by atoms with Gasteiger partial charge in [0.25, 0.3) is 5.91 Å². The molecular weight excluding hydrogens is 422 g/mol. The molecule has 0 unspecified atom stereocenters. The molecule has 0 atom stereocenters. The summed E-state index contributed by atoms with van der Waals surface area (Å²) in [5.41, 5.74) is 4.86. The molecule has 164 valence electrons. The molecule has 5 nitrogen and oxygen atoms in total. The van der Waals surface area contributed by atoms with Gasteiger partial charge in [0, 0.05) is 30.2 Å². The van der Waals surface area contributed by atoms with Crippen LogP contribution in [0.2, 0.25) is 5.02 Å². The van der Waals surface area contributed by atoms with E-state index in [4.69, 9.17) is 11.6 Å². The lowest BCUT2D eigenvalue weighted by Crippen LogP contribution is -2.49. The zero-order valence-electron chi connectivity index (χ0n) is 18.3. The second-order valence-corrected chi connectivity index (χ2v) is 8.57. The highest BCUT2D eigenvalue weighted by molar-refractivity contribution is 6.30. The molecule has 1 aliphatic heterocycles. The predicted octanol–water partition coefficient (Wildman–Crippen LogP) is 6.04. The first-order valence-corrected chi connectivity index (χ1v) is 11.1. The summed E-state index contributed by atoms with van der Waals surface area (Å²) in [6.45, 7) is 5.65. The Balaban J connectivity index is 1.59. The third-order valence-electron chi connectivity index (χ3n) is 5.65. The minimum atomic E-state index is -0.185. The van der Waals surface area contributed by atoms with Gasteiger partial charge in [-0.2, -0.15) is 0 Å². The Bertz CT molecular complexity index is 1160. The number of anilines is 2. The van der Waals surface area contributed by atoms with Crippen molar-refractivity contribution >= 4 is 34.9 Å². The Hall–Kier alpha value is -3.31. The Morgan fingerprint density at radius 1 is 1.00 bits per heavy atom. The number of hydrogen-bond donors (Lipinski definition) is 1. The van der Waals surface area contributed by atoms with E-state index in [1.807, 2.05) is 79.4 Å². The average molecular weight is 448 g/mol. The van der Waals surface area contributed by atoms with E-state index < -0.39 is 0 Å². The summed E-state index contributed by atoms with van der Waals surface area (Å²) in [6.07, 6.45) is 0.839. The Labute approximate surface area is 193 Å². The van der Waals surface area contributed by atoms with Crippen LogP contribution >= 0.6 is 11.6 Å². The van der Waals surface area contributed by atoms with E-state index in [1.54, 1.807) is 11.0 Å². The van der Waals surface area contributed by atoms with E-state index in [9.17, 15) is 9.59 Å². The number of rotatable bonds is 5. The van der Waals surface area contributed by atoms with Gasteiger partial charge in [0.05, 0.1) is 11.4 Å². The number of nitrogens with one attached hydrogen (secondary N) is 1. The van der Waals surface area contributed by atoms with Crippen LogP contribution in [0, 0.1) is 13.8 Å². The van der Waals surface area contributed by atoms with Crippen molar-refractivity contribution in [3.8, 4) is 0 Å². The fraction of sp³-hybridized carbons (Fsp3) is 0.231. The molecule has 1 fully saturated rings. The smallest absolute Gasteiger partial charge is 0.320 e. The van der Waals surface area contributed by atoms with E-state index in [0.29, 0.717) is 41.6 Å². The molecule has 32 heavy (non-hydrogen) atoms. The molecule has 1 heterocycles. The zero-order chi connectivity index (χ0) is 22.7. The zero-order valence-corrected chi connectivity index (χ0v) is 19.0. The maximum Gasteiger partial charge on any atom is 0.324 e. The Kier molecular flexibility index (Phi) is 6.47. The molecule has 1 N–H and O–H groups in total. The van der Waals surface area contributed by atoms with Crippen LogP contribution < -0.4 is 10.2 Å². The van der Waals surface area contributed by atoms with Gasteiger partial charge in [0.15, 0.2) is 0 Å². The minimum absolute atomic E-state index is 0.0773. The third kappa shape index (κ3) is 4.78. The van der Waals surface area contributed by atoms with Crippen LogP contribution in [0.15, 0.2) is 66.7 Å². The highest BCUT2D eigenvalue weighted by atomic mass is 35.5. The fourth-order valence-corrected chi connectivity index (χ4v) is 4.22. The summed E-state index contributed by atoms with van der Waals surface area (Å²) in [7, 11) is 0. The highest BCUT2D eigenvalue weighted by Gasteiger charge is 2.29. The Morgan fingerprint density at radius 3 is 2.59 bits per heavy atom. The van der Waals surface area contributed by atoms with E-state index >= 15 is 0 Å². The summed E-state index contributed by atoms with van der Waals surface area (Å²) >= 11 is 6.12. The highest BCUT2D eigenvalue weighted by Crippen LogP contribution is 2.31. The number of nitrogens with zero attached hydrogens (tertiary/aromatic N) is 2. The normalized spacial score (nSPS) is 13.9. The molecule has 3 aromatic carbocycles. The number of carbonyl (C=O) groups excluding carboxylic acids is 2. The molecule has 0 saturated carbocycles. The quantitative estimate of drug-likeness (QED) is 0.518. The van der Waals surface area contributed by atoms with Gasteiger partial charge in [-0.3, -0.25) is 9.69 Å². The van der Waals surface area contributed by atoms with Crippen LogP contribution in [0.5, 0.6) is 0 Å². The van der Waals surface area contributed by atoms with E-state index in [-0.39, 0.29) is 11.9 Å². The van der Waals surface area contributed by atoms with Crippen molar-refractivity contribution < 1.29 is 9.59 Å². The van der Waals surface area contributed by atoms with Gasteiger partial charge in [-0.05, 0) is 67.3 Å². The molecule has 0 aromatic heterocycles. The van der Waals surface area contributed by atoms with Crippen molar-refractivity contribution in [1.82, 2.24) is 4.90 Å². The Morgan fingerprint density at radius 2 is 1.81 bits per heavy atom. The van der Waals surface area contributed by atoms with E-state index in [2.05, 4.69) is 5.32 Å². The molecule has 0 radical (unpaired) electrons. The number of halogens is 1. The summed E-state index contributed by atoms with van der Waals surface area (Å²) < 4.78 is 0. The molecule has 3 amide bonds. The number of aryl methyl sites for hydroxylation is 2. The first-order valence-electron chi connectivity index (χ1n) is 10.7. The van der Waals surface area contributed by atoms with Gasteiger partial charge in [-0.1, -0.05) is 48.0 Å². The first-order chi connectivity index (χ1) is 15.4. The monoisotopic (exact) mass is 447 g/mol. The number of urea groups is 1. The number of amides is 3. The van der Waals surface area contributed by atoms with Gasteiger partial charge < -0.3 is 10.2 Å². The van der Waals surface area contributed by atoms with Crippen molar-refractivity contribution in [2.75, 3.05) is 23.3 Å². The summed E-state index contributed by atoms with van der Waals surface area (Å²) in [4.78, 5) is 29.9. The maximum atomic E-state index is 13.4. The molecule has 0 aliphatic carbocycles. The summed E-state index contributed by atoms with van der Waals surface area (Å²) in [5.74, 6) is -0.185. The number of benzene rings is 3. The van der Waals surface area contributed by atoms with Crippen molar-refractivity contribution in [2.45, 2.75) is 26.8 Å². The predicted molar refractivity (Wildman–Crippen MR) is 130 cm³/mol. The van der Waals surface area contributed by atoms with Gasteiger partial charge in [-0.25, -0.2) is 4.79 Å². The second-order valence-electron chi connectivity index (χ2n) is 8.13. The molecule has 4 rings (SSSR count). The van der Waals surface area contributed by atoms with Crippen LogP contribution in [0.4, 0.5) is 16.2 Å². The van der Waals surface area contributed by atoms with Crippen molar-refractivity contribution in [1.29, 1.82) is 0 Å². The van der Waals surface area contributed by atoms with Crippen molar-refractivity contribution in [3.63, 3.8) is 0 Å². The molecule has 0 bridgehead atoms. The number of hydrogen-bond acceptors (Lipinski definition) is 2. The van der Waals surface area contributed by atoms with Crippen LogP contribution in [-0.2, 0) is 6.54 Å². The summed E-state index contributed by atoms with van der Waals surface area (Å²) in [5, 5.41) is 3.69. The lowest BCUT2D eigenvalue weighted by molar-refractivity contribution is 0.102. The second kappa shape index (κ2) is 9.45. The van der Waals surface area contributed by atoms with E-state index in [1.165, 1.54) is 0 Å². The molecule has 3 aromatic rings. The van der Waals surface area contributed by atoms with Crippen molar-refractivity contribution in [3.05, 3.63) is 94.0 Å². The van der Waals surface area contributed by atoms with Crippen LogP contribution in [0.3, 0.4) is 0 Å². The SMILES string of the molecule is Cc1ccc(N2CCCN(Cc3cccc(Cl)c3)C2=O)c(NC(=O)c2ccccc2C)c1. The summed E-state index contributed by atoms with van der Waals surface area (Å²) in [6, 6.07) is 20.7. The molecular formula is C26H26ClN3O2. The van der Waals surface area contributed by atoms with Gasteiger partial charge >= 0.3 is 6.03 Å². The van der Waals surface area contributed by atoms with E-state index in [0.717, 1.165) is 23.1 Å². The maximum absolute atomic E-state index is 13.4. The van der Waals surface area contributed by atoms with Crippen molar-refractivity contribution in [2.24, 2.45) is 0 Å². The van der Waals surface area contributed by atoms with Gasteiger partial charge in [-0.15, -0.1) is 0 Å². The van der Waals surface area contributed by atoms with Crippen LogP contribution in [0.25, 0.3) is 0 Å². The number of carbonyl (C=O) groups is 2. The first kappa shape index (κ1) is 21.9. The van der Waals surface area contributed by atoms with Crippen LogP contribution in [-0.4, -0.2) is 29.9 Å². The fourth-order valence-electron chi connectivity index (χ4n) is 4.01. The average Bonchev–Trinajstić information content (AvgIpc) is 2.76. The lowest BCUT2D eigenvalue weighted by atomic mass is 10.1. The largest absolute Gasteiger partial charge is 0.324 e.